The van der Waals surface area contributed by atoms with Gasteiger partial charge in [-0.3, -0.25) is 13.9 Å². The lowest BCUT2D eigenvalue weighted by Crippen LogP contribution is -2.52. The van der Waals surface area contributed by atoms with E-state index in [9.17, 15) is 18.0 Å². The van der Waals surface area contributed by atoms with Crippen LogP contribution in [0.1, 0.15) is 38.3 Å². The fourth-order valence-electron chi connectivity index (χ4n) is 3.93. The Morgan fingerprint density at radius 2 is 1.46 bits per heavy atom. The molecule has 0 bridgehead atoms. The Bertz CT molecular complexity index is 1400. The summed E-state index contributed by atoms with van der Waals surface area (Å²) >= 11 is 12.0. The minimum absolute atomic E-state index is 0.00485. The molecule has 1 N–H and O–H groups in total. The smallest absolute Gasteiger partial charge is 0.264 e. The number of sulfonamides is 1. The van der Waals surface area contributed by atoms with E-state index in [-0.39, 0.29) is 23.4 Å². The molecule has 2 atom stereocenters. The lowest BCUT2D eigenvalue weighted by atomic mass is 10.1. The summed E-state index contributed by atoms with van der Waals surface area (Å²) in [7, 11) is -4.16. The van der Waals surface area contributed by atoms with Crippen LogP contribution in [0.15, 0.2) is 77.7 Å². The first-order chi connectivity index (χ1) is 18.4. The highest BCUT2D eigenvalue weighted by Crippen LogP contribution is 2.28. The molecule has 0 aliphatic carbocycles. The average molecular weight is 591 g/mol. The largest absolute Gasteiger partial charge is 0.352 e. The minimum Gasteiger partial charge on any atom is -0.352 e. The van der Waals surface area contributed by atoms with Gasteiger partial charge in [-0.05, 0) is 80.8 Å². The van der Waals surface area contributed by atoms with Gasteiger partial charge in [0.25, 0.3) is 10.0 Å². The van der Waals surface area contributed by atoms with Crippen LogP contribution in [0.5, 0.6) is 0 Å². The SMILES string of the molecule is CC[C@H](C)NC(=O)[C@H](C)N(Cc1ccc(Cl)cc1)C(=O)CN(c1ccccc1C)S(=O)(=O)c1ccc(Cl)cc1. The third kappa shape index (κ3) is 7.75. The number of hydrogen-bond acceptors (Lipinski definition) is 4. The van der Waals surface area contributed by atoms with Crippen LogP contribution in [0.2, 0.25) is 10.0 Å². The molecule has 39 heavy (non-hydrogen) atoms. The topological polar surface area (TPSA) is 86.8 Å². The van der Waals surface area contributed by atoms with Crippen LogP contribution >= 0.6 is 23.2 Å². The summed E-state index contributed by atoms with van der Waals surface area (Å²) in [5.41, 5.74) is 1.79. The van der Waals surface area contributed by atoms with Crippen molar-refractivity contribution in [2.24, 2.45) is 0 Å². The fraction of sp³-hybridized carbons (Fsp3) is 0.310. The van der Waals surface area contributed by atoms with Gasteiger partial charge in [-0.15, -0.1) is 0 Å². The number of carbonyl (C=O) groups is 2. The number of benzene rings is 3. The molecule has 3 aromatic carbocycles. The quantitative estimate of drug-likeness (QED) is 0.305. The van der Waals surface area contributed by atoms with E-state index in [0.29, 0.717) is 21.3 Å². The Morgan fingerprint density at radius 3 is 2.03 bits per heavy atom. The van der Waals surface area contributed by atoms with E-state index in [4.69, 9.17) is 23.2 Å². The lowest BCUT2D eigenvalue weighted by molar-refractivity contribution is -0.139. The van der Waals surface area contributed by atoms with E-state index in [1.807, 2.05) is 13.8 Å². The van der Waals surface area contributed by atoms with Gasteiger partial charge in [-0.25, -0.2) is 8.42 Å². The highest BCUT2D eigenvalue weighted by atomic mass is 35.5. The molecule has 3 aromatic rings. The summed E-state index contributed by atoms with van der Waals surface area (Å²) in [5, 5.41) is 3.85. The second kappa shape index (κ2) is 13.3. The molecule has 0 radical (unpaired) electrons. The first-order valence-corrected chi connectivity index (χ1v) is 14.8. The molecule has 0 heterocycles. The molecule has 0 unspecified atom stereocenters. The number of hydrogen-bond donors (Lipinski definition) is 1. The molecule has 0 spiro atoms. The third-order valence-corrected chi connectivity index (χ3v) is 8.78. The van der Waals surface area contributed by atoms with Crippen molar-refractivity contribution >= 4 is 50.7 Å². The van der Waals surface area contributed by atoms with Crippen molar-refractivity contribution in [2.45, 2.75) is 57.6 Å². The van der Waals surface area contributed by atoms with Gasteiger partial charge in [0.1, 0.15) is 12.6 Å². The first-order valence-electron chi connectivity index (χ1n) is 12.6. The standard InChI is InChI=1S/C29H33Cl2N3O4S/c1-5-21(3)32-29(36)22(4)33(18-23-10-12-24(30)13-11-23)28(35)19-34(27-9-7-6-8-20(27)2)39(37,38)26-16-14-25(31)15-17-26/h6-17,21-22H,5,18-19H2,1-4H3,(H,32,36)/t21-,22-/m0/s1. The maximum absolute atomic E-state index is 13.9. The molecule has 208 valence electrons. The van der Waals surface area contributed by atoms with Gasteiger partial charge in [0.05, 0.1) is 10.6 Å². The average Bonchev–Trinajstić information content (AvgIpc) is 2.91. The van der Waals surface area contributed by atoms with Gasteiger partial charge >= 0.3 is 0 Å². The Kier molecular flexibility index (Phi) is 10.4. The van der Waals surface area contributed by atoms with Gasteiger partial charge in [0, 0.05) is 22.6 Å². The second-order valence-corrected chi connectivity index (χ2v) is 12.1. The Hall–Kier alpha value is -3.07. The molecular weight excluding hydrogens is 557 g/mol. The number of nitrogens with zero attached hydrogens (tertiary/aromatic N) is 2. The number of nitrogens with one attached hydrogen (secondary N) is 1. The van der Waals surface area contributed by atoms with E-state index in [1.165, 1.54) is 29.2 Å². The van der Waals surface area contributed by atoms with Crippen molar-refractivity contribution in [3.05, 3.63) is 94.0 Å². The van der Waals surface area contributed by atoms with Crippen LogP contribution in [-0.4, -0.2) is 43.8 Å². The van der Waals surface area contributed by atoms with E-state index in [1.54, 1.807) is 62.4 Å². The number of amides is 2. The van der Waals surface area contributed by atoms with Crippen LogP contribution in [0.25, 0.3) is 0 Å². The minimum atomic E-state index is -4.16. The number of carbonyl (C=O) groups excluding carboxylic acids is 2. The zero-order valence-corrected chi connectivity index (χ0v) is 24.7. The summed E-state index contributed by atoms with van der Waals surface area (Å²) in [4.78, 5) is 28.4. The summed E-state index contributed by atoms with van der Waals surface area (Å²) in [5.74, 6) is -0.854. The fourth-order valence-corrected chi connectivity index (χ4v) is 5.66. The molecule has 0 aliphatic heterocycles. The van der Waals surface area contributed by atoms with Gasteiger partial charge in [-0.2, -0.15) is 0 Å². The molecule has 0 aliphatic rings. The van der Waals surface area contributed by atoms with Crippen molar-refractivity contribution in [3.63, 3.8) is 0 Å². The van der Waals surface area contributed by atoms with Crippen LogP contribution in [0, 0.1) is 6.92 Å². The molecule has 7 nitrogen and oxygen atoms in total. The number of halogens is 2. The number of para-hydroxylation sites is 1. The van der Waals surface area contributed by atoms with Crippen molar-refractivity contribution in [1.29, 1.82) is 0 Å². The predicted molar refractivity (Wildman–Crippen MR) is 157 cm³/mol. The number of aryl methyl sites for hydroxylation is 1. The van der Waals surface area contributed by atoms with E-state index in [0.717, 1.165) is 16.3 Å². The highest BCUT2D eigenvalue weighted by Gasteiger charge is 2.33. The van der Waals surface area contributed by atoms with Crippen LogP contribution < -0.4 is 9.62 Å². The van der Waals surface area contributed by atoms with Crippen molar-refractivity contribution < 1.29 is 18.0 Å². The lowest BCUT2D eigenvalue weighted by Gasteiger charge is -2.33. The maximum Gasteiger partial charge on any atom is 0.264 e. The normalized spacial score (nSPS) is 12.9. The number of anilines is 1. The van der Waals surface area contributed by atoms with Crippen molar-refractivity contribution in [1.82, 2.24) is 10.2 Å². The highest BCUT2D eigenvalue weighted by molar-refractivity contribution is 7.92. The van der Waals surface area contributed by atoms with Crippen molar-refractivity contribution in [2.75, 3.05) is 10.8 Å². The van der Waals surface area contributed by atoms with Gasteiger partial charge in [0.2, 0.25) is 11.8 Å². The zero-order valence-electron chi connectivity index (χ0n) is 22.4. The third-order valence-electron chi connectivity index (χ3n) is 6.50. The number of rotatable bonds is 11. The Labute approximate surface area is 240 Å². The molecule has 0 saturated carbocycles. The van der Waals surface area contributed by atoms with E-state index >= 15 is 0 Å². The summed E-state index contributed by atoms with van der Waals surface area (Å²) in [6, 6.07) is 18.7. The van der Waals surface area contributed by atoms with Gasteiger partial charge in [0.15, 0.2) is 0 Å². The molecule has 0 aromatic heterocycles. The summed E-state index contributed by atoms with van der Waals surface area (Å²) in [6.45, 7) is 6.83. The van der Waals surface area contributed by atoms with Crippen molar-refractivity contribution in [3.8, 4) is 0 Å². The van der Waals surface area contributed by atoms with Gasteiger partial charge < -0.3 is 10.2 Å². The predicted octanol–water partition coefficient (Wildman–Crippen LogP) is 5.83. The molecular formula is C29H33Cl2N3O4S. The molecule has 10 heteroatoms. The Morgan fingerprint density at radius 1 is 0.897 bits per heavy atom. The molecule has 2 amide bonds. The molecule has 3 rings (SSSR count). The summed E-state index contributed by atoms with van der Waals surface area (Å²) < 4.78 is 28.8. The van der Waals surface area contributed by atoms with Crippen LogP contribution in [0.3, 0.4) is 0 Å². The van der Waals surface area contributed by atoms with E-state index in [2.05, 4.69) is 5.32 Å². The monoisotopic (exact) mass is 589 g/mol. The van der Waals surface area contributed by atoms with Crippen LogP contribution in [-0.2, 0) is 26.2 Å². The molecule has 0 fully saturated rings. The zero-order chi connectivity index (χ0) is 28.7. The maximum atomic E-state index is 13.9. The Balaban J connectivity index is 2.03. The van der Waals surface area contributed by atoms with E-state index < -0.39 is 28.5 Å². The van der Waals surface area contributed by atoms with Gasteiger partial charge in [-0.1, -0.05) is 60.5 Å². The summed E-state index contributed by atoms with van der Waals surface area (Å²) in [6.07, 6.45) is 0.726. The molecule has 0 saturated heterocycles. The second-order valence-electron chi connectivity index (χ2n) is 9.39. The van der Waals surface area contributed by atoms with Crippen LogP contribution in [0.4, 0.5) is 5.69 Å². The first kappa shape index (κ1) is 30.5.